The highest BCUT2D eigenvalue weighted by atomic mass is 35.5. The maximum Gasteiger partial charge on any atom is 0.231 e. The van der Waals surface area contributed by atoms with Crippen LogP contribution in [0.25, 0.3) is 0 Å². The quantitative estimate of drug-likeness (QED) is 0.701. The second kappa shape index (κ2) is 8.72. The molecule has 2 aromatic carbocycles. The normalized spacial score (nSPS) is 15.1. The summed E-state index contributed by atoms with van der Waals surface area (Å²) >= 11 is 5.93. The van der Waals surface area contributed by atoms with E-state index in [1.807, 2.05) is 12.1 Å². The van der Waals surface area contributed by atoms with E-state index in [2.05, 4.69) is 5.32 Å². The number of carbonyl (C=O) groups excluding carboxylic acids is 1. The Kier molecular flexibility index (Phi) is 6.34. The lowest BCUT2D eigenvalue weighted by Crippen LogP contribution is -2.62. The number of hydrogen-bond donors (Lipinski definition) is 1. The second-order valence-electron chi connectivity index (χ2n) is 7.04. The molecule has 1 aliphatic heterocycles. The fraction of sp³-hybridized carbons (Fsp3) is 0.381. The summed E-state index contributed by atoms with van der Waals surface area (Å²) in [6.07, 6.45) is 1.12. The van der Waals surface area contributed by atoms with Gasteiger partial charge in [0.1, 0.15) is 11.6 Å². The van der Waals surface area contributed by atoms with Gasteiger partial charge in [-0.2, -0.15) is 0 Å². The summed E-state index contributed by atoms with van der Waals surface area (Å²) in [7, 11) is 1.79. The van der Waals surface area contributed by atoms with Crippen molar-refractivity contribution < 1.29 is 13.9 Å². The number of benzene rings is 2. The van der Waals surface area contributed by atoms with E-state index >= 15 is 0 Å². The molecule has 0 atom stereocenters. The van der Waals surface area contributed by atoms with E-state index in [0.717, 1.165) is 5.75 Å². The van der Waals surface area contributed by atoms with Gasteiger partial charge < -0.3 is 15.0 Å². The first-order valence-electron chi connectivity index (χ1n) is 9.08. The van der Waals surface area contributed by atoms with Gasteiger partial charge in [-0.25, -0.2) is 4.39 Å². The lowest BCUT2D eigenvalue weighted by Gasteiger charge is -2.43. The van der Waals surface area contributed by atoms with Crippen molar-refractivity contribution in [1.29, 1.82) is 0 Å². The van der Waals surface area contributed by atoms with Crippen LogP contribution >= 0.6 is 11.6 Å². The van der Waals surface area contributed by atoms with Gasteiger partial charge in [-0.15, -0.1) is 0 Å². The molecule has 0 aliphatic carbocycles. The fourth-order valence-electron chi connectivity index (χ4n) is 3.34. The average molecular weight is 391 g/mol. The average Bonchev–Trinajstić information content (AvgIpc) is 2.62. The maximum atomic E-state index is 14.0. The van der Waals surface area contributed by atoms with Crippen LogP contribution in [0.3, 0.4) is 0 Å². The molecule has 1 amide bonds. The zero-order chi connectivity index (χ0) is 19.3. The number of rotatable bonds is 8. The Hall–Kier alpha value is -2.11. The van der Waals surface area contributed by atoms with E-state index in [-0.39, 0.29) is 11.7 Å². The van der Waals surface area contributed by atoms with E-state index in [4.69, 9.17) is 16.3 Å². The fourth-order valence-corrected chi connectivity index (χ4v) is 3.52. The molecule has 1 fully saturated rings. The second-order valence-corrected chi connectivity index (χ2v) is 7.47. The smallest absolute Gasteiger partial charge is 0.231 e. The largest absolute Gasteiger partial charge is 0.493 e. The molecule has 27 heavy (non-hydrogen) atoms. The predicted octanol–water partition coefficient (Wildman–Crippen LogP) is 3.54. The van der Waals surface area contributed by atoms with Gasteiger partial charge >= 0.3 is 0 Å². The molecule has 0 radical (unpaired) electrons. The van der Waals surface area contributed by atoms with E-state index in [1.165, 1.54) is 6.07 Å². The molecule has 1 aliphatic rings. The van der Waals surface area contributed by atoms with Crippen molar-refractivity contribution in [2.75, 3.05) is 33.3 Å². The van der Waals surface area contributed by atoms with Crippen LogP contribution in [0.4, 0.5) is 4.39 Å². The number of ether oxygens (including phenoxy) is 1. The number of nitrogens with one attached hydrogen (secondary N) is 1. The number of amides is 1. The molecule has 1 N–H and O–H groups in total. The molecule has 0 bridgehead atoms. The monoisotopic (exact) mass is 390 g/mol. The molecule has 144 valence electrons. The minimum atomic E-state index is -0.565. The van der Waals surface area contributed by atoms with Crippen molar-refractivity contribution in [2.45, 2.75) is 12.8 Å². The van der Waals surface area contributed by atoms with Gasteiger partial charge in [0.2, 0.25) is 5.91 Å². The molecule has 0 spiro atoms. The van der Waals surface area contributed by atoms with Crippen molar-refractivity contribution in [1.82, 2.24) is 10.2 Å². The summed E-state index contributed by atoms with van der Waals surface area (Å²) < 4.78 is 19.7. The first-order valence-corrected chi connectivity index (χ1v) is 9.46. The van der Waals surface area contributed by atoms with Crippen LogP contribution in [-0.2, 0) is 11.2 Å². The number of halogens is 2. The van der Waals surface area contributed by atoms with Gasteiger partial charge in [-0.3, -0.25) is 4.79 Å². The van der Waals surface area contributed by atoms with Gasteiger partial charge in [-0.05, 0) is 42.7 Å². The summed E-state index contributed by atoms with van der Waals surface area (Å²) in [4.78, 5) is 14.7. The van der Waals surface area contributed by atoms with E-state index in [9.17, 15) is 9.18 Å². The minimum absolute atomic E-state index is 0.0484. The molecule has 1 saturated heterocycles. The molecule has 0 aromatic heterocycles. The van der Waals surface area contributed by atoms with E-state index in [0.29, 0.717) is 49.7 Å². The Morgan fingerprint density at radius 3 is 2.70 bits per heavy atom. The van der Waals surface area contributed by atoms with E-state index < -0.39 is 5.41 Å². The number of carbonyl (C=O) groups is 1. The van der Waals surface area contributed by atoms with Crippen molar-refractivity contribution in [3.63, 3.8) is 0 Å². The maximum absolute atomic E-state index is 14.0. The lowest BCUT2D eigenvalue weighted by molar-refractivity contribution is -0.144. The van der Waals surface area contributed by atoms with Crippen molar-refractivity contribution >= 4 is 17.5 Å². The summed E-state index contributed by atoms with van der Waals surface area (Å²) in [6, 6.07) is 13.9. The standard InChI is InChI=1S/C21H24ClFN2O2/c1-25(10-5-11-27-18-8-4-7-17(22)12-18)20(26)21(14-24-15-21)13-16-6-2-3-9-19(16)23/h2-4,6-9,12,24H,5,10-11,13-15H2,1H3. The highest BCUT2D eigenvalue weighted by Gasteiger charge is 2.46. The van der Waals surface area contributed by atoms with Gasteiger partial charge in [0.05, 0.1) is 12.0 Å². The van der Waals surface area contributed by atoms with Gasteiger partial charge in [0.25, 0.3) is 0 Å². The highest BCUT2D eigenvalue weighted by molar-refractivity contribution is 6.30. The van der Waals surface area contributed by atoms with Crippen molar-refractivity contribution in [2.24, 2.45) is 5.41 Å². The van der Waals surface area contributed by atoms with Gasteiger partial charge in [0.15, 0.2) is 0 Å². The molecule has 0 saturated carbocycles. The lowest BCUT2D eigenvalue weighted by atomic mass is 9.75. The van der Waals surface area contributed by atoms with Crippen molar-refractivity contribution in [3.8, 4) is 5.75 Å². The van der Waals surface area contributed by atoms with Crippen LogP contribution in [0.1, 0.15) is 12.0 Å². The molecular formula is C21H24ClFN2O2. The predicted molar refractivity (Wildman–Crippen MR) is 105 cm³/mol. The molecule has 1 heterocycles. The van der Waals surface area contributed by atoms with Gasteiger partial charge in [-0.1, -0.05) is 35.9 Å². The molecule has 0 unspecified atom stereocenters. The SMILES string of the molecule is CN(CCCOc1cccc(Cl)c1)C(=O)C1(Cc2ccccc2F)CNC1. The Morgan fingerprint density at radius 2 is 2.04 bits per heavy atom. The van der Waals surface area contributed by atoms with Crippen LogP contribution in [0.15, 0.2) is 48.5 Å². The highest BCUT2D eigenvalue weighted by Crippen LogP contribution is 2.31. The first kappa shape index (κ1) is 19.6. The summed E-state index contributed by atoms with van der Waals surface area (Å²) in [5, 5.41) is 3.80. The summed E-state index contributed by atoms with van der Waals surface area (Å²) in [6.45, 7) is 2.22. The number of nitrogens with zero attached hydrogens (tertiary/aromatic N) is 1. The van der Waals surface area contributed by atoms with Crippen LogP contribution in [0.2, 0.25) is 5.02 Å². The molecule has 6 heteroatoms. The third-order valence-corrected chi connectivity index (χ3v) is 5.15. The Labute approximate surface area is 164 Å². The van der Waals surface area contributed by atoms with Gasteiger partial charge in [0, 0.05) is 31.7 Å². The van der Waals surface area contributed by atoms with Crippen LogP contribution in [0.5, 0.6) is 5.75 Å². The molecule has 3 rings (SSSR count). The summed E-state index contributed by atoms with van der Waals surface area (Å²) in [5.74, 6) is 0.511. The molecule has 2 aromatic rings. The molecular weight excluding hydrogens is 367 g/mol. The topological polar surface area (TPSA) is 41.6 Å². The van der Waals surface area contributed by atoms with Crippen LogP contribution < -0.4 is 10.1 Å². The van der Waals surface area contributed by atoms with Crippen LogP contribution in [-0.4, -0.2) is 44.1 Å². The summed E-state index contributed by atoms with van der Waals surface area (Å²) in [5.41, 5.74) is 0.0233. The van der Waals surface area contributed by atoms with Crippen molar-refractivity contribution in [3.05, 3.63) is 64.9 Å². The Bertz CT molecular complexity index is 795. The van der Waals surface area contributed by atoms with Crippen LogP contribution in [0, 0.1) is 11.2 Å². The Balaban J connectivity index is 1.51. The zero-order valence-electron chi connectivity index (χ0n) is 15.4. The number of hydrogen-bond acceptors (Lipinski definition) is 3. The third kappa shape index (κ3) is 4.79. The minimum Gasteiger partial charge on any atom is -0.493 e. The Morgan fingerprint density at radius 1 is 1.26 bits per heavy atom. The first-order chi connectivity index (χ1) is 13.0. The third-order valence-electron chi connectivity index (χ3n) is 4.92. The van der Waals surface area contributed by atoms with E-state index in [1.54, 1.807) is 42.3 Å². The molecule has 4 nitrogen and oxygen atoms in total. The zero-order valence-corrected chi connectivity index (χ0v) is 16.1.